The molecule has 1 fully saturated rings. The number of nitrogens with one attached hydrogen (secondary N) is 1. The van der Waals surface area contributed by atoms with Gasteiger partial charge in [-0.2, -0.15) is 5.26 Å². The van der Waals surface area contributed by atoms with Gasteiger partial charge < -0.3 is 9.73 Å². The van der Waals surface area contributed by atoms with Crippen LogP contribution in [0.25, 0.3) is 0 Å². The molecule has 0 atom stereocenters. The number of furan rings is 1. The van der Waals surface area contributed by atoms with Gasteiger partial charge in [-0.05, 0) is 31.9 Å². The van der Waals surface area contributed by atoms with E-state index in [-0.39, 0.29) is 5.41 Å². The first-order valence-electron chi connectivity index (χ1n) is 5.41. The molecular formula is C12H16N2O. The summed E-state index contributed by atoms with van der Waals surface area (Å²) in [5.74, 6) is 1.97. The van der Waals surface area contributed by atoms with Crippen molar-refractivity contribution in [2.24, 2.45) is 5.41 Å². The Labute approximate surface area is 90.1 Å². The molecule has 1 aliphatic rings. The maximum Gasteiger partial charge on any atom is 0.105 e. The fraction of sp³-hybridized carbons (Fsp3) is 0.583. The molecule has 80 valence electrons. The Morgan fingerprint density at radius 3 is 2.87 bits per heavy atom. The molecule has 1 aromatic heterocycles. The second-order valence-electron chi connectivity index (χ2n) is 4.33. The lowest BCUT2D eigenvalue weighted by Gasteiger charge is -2.06. The SMILES string of the molecule is Cc1ccc(CCNCC2(C#N)CC2)o1. The first-order valence-corrected chi connectivity index (χ1v) is 5.41. The van der Waals surface area contributed by atoms with Crippen molar-refractivity contribution >= 4 is 0 Å². The lowest BCUT2D eigenvalue weighted by Crippen LogP contribution is -2.25. The van der Waals surface area contributed by atoms with Gasteiger partial charge in [-0.1, -0.05) is 0 Å². The molecule has 0 aromatic carbocycles. The van der Waals surface area contributed by atoms with Gasteiger partial charge in [-0.25, -0.2) is 0 Å². The maximum atomic E-state index is 8.87. The van der Waals surface area contributed by atoms with Gasteiger partial charge in [0, 0.05) is 19.5 Å². The van der Waals surface area contributed by atoms with Crippen LogP contribution in [-0.4, -0.2) is 13.1 Å². The minimum atomic E-state index is -0.0426. The first-order chi connectivity index (χ1) is 7.24. The Bertz CT molecular complexity index is 371. The van der Waals surface area contributed by atoms with Gasteiger partial charge in [-0.15, -0.1) is 0 Å². The van der Waals surface area contributed by atoms with Gasteiger partial charge in [0.1, 0.15) is 11.5 Å². The van der Waals surface area contributed by atoms with Crippen LogP contribution in [0.2, 0.25) is 0 Å². The van der Waals surface area contributed by atoms with Crippen LogP contribution in [0.5, 0.6) is 0 Å². The largest absolute Gasteiger partial charge is 0.466 e. The molecule has 1 N–H and O–H groups in total. The van der Waals surface area contributed by atoms with Crippen LogP contribution < -0.4 is 5.32 Å². The average Bonchev–Trinajstić information content (AvgIpc) is 2.91. The van der Waals surface area contributed by atoms with Crippen molar-refractivity contribution in [3.63, 3.8) is 0 Å². The van der Waals surface area contributed by atoms with Crippen molar-refractivity contribution in [2.75, 3.05) is 13.1 Å². The van der Waals surface area contributed by atoms with Crippen molar-refractivity contribution in [3.8, 4) is 6.07 Å². The Hall–Kier alpha value is -1.27. The molecule has 3 heteroatoms. The van der Waals surface area contributed by atoms with Crippen LogP contribution >= 0.6 is 0 Å². The predicted molar refractivity (Wildman–Crippen MR) is 57.3 cm³/mol. The van der Waals surface area contributed by atoms with Gasteiger partial charge in [-0.3, -0.25) is 0 Å². The van der Waals surface area contributed by atoms with Crippen molar-refractivity contribution < 1.29 is 4.42 Å². The van der Waals surface area contributed by atoms with E-state index in [1.54, 1.807) is 0 Å². The third-order valence-electron chi connectivity index (χ3n) is 2.90. The van der Waals surface area contributed by atoms with E-state index >= 15 is 0 Å². The normalized spacial score (nSPS) is 17.3. The zero-order chi connectivity index (χ0) is 10.7. The molecule has 0 radical (unpaired) electrons. The number of aryl methyl sites for hydroxylation is 1. The highest BCUT2D eigenvalue weighted by Gasteiger charge is 2.42. The first kappa shape index (κ1) is 10.3. The highest BCUT2D eigenvalue weighted by molar-refractivity contribution is 5.11. The van der Waals surface area contributed by atoms with Crippen molar-refractivity contribution in [2.45, 2.75) is 26.2 Å². The smallest absolute Gasteiger partial charge is 0.105 e. The van der Waals surface area contributed by atoms with Crippen LogP contribution in [0, 0.1) is 23.7 Å². The minimum Gasteiger partial charge on any atom is -0.466 e. The lowest BCUT2D eigenvalue weighted by atomic mass is 10.1. The minimum absolute atomic E-state index is 0.0426. The fourth-order valence-corrected chi connectivity index (χ4v) is 1.64. The molecule has 1 saturated carbocycles. The quantitative estimate of drug-likeness (QED) is 0.746. The molecule has 0 aliphatic heterocycles. The number of hydrogen-bond acceptors (Lipinski definition) is 3. The summed E-state index contributed by atoms with van der Waals surface area (Å²) in [7, 11) is 0. The zero-order valence-electron chi connectivity index (χ0n) is 9.05. The number of hydrogen-bond donors (Lipinski definition) is 1. The van der Waals surface area contributed by atoms with E-state index in [4.69, 9.17) is 9.68 Å². The summed E-state index contributed by atoms with van der Waals surface area (Å²) in [6.07, 6.45) is 3.00. The number of rotatable bonds is 5. The summed E-state index contributed by atoms with van der Waals surface area (Å²) in [4.78, 5) is 0. The molecule has 1 aromatic rings. The van der Waals surface area contributed by atoms with Crippen LogP contribution in [0.1, 0.15) is 24.4 Å². The van der Waals surface area contributed by atoms with Crippen LogP contribution in [0.4, 0.5) is 0 Å². The zero-order valence-corrected chi connectivity index (χ0v) is 9.05. The van der Waals surface area contributed by atoms with E-state index in [0.29, 0.717) is 0 Å². The standard InChI is InChI=1S/C12H16N2O/c1-10-2-3-11(15-10)4-7-14-9-12(8-13)5-6-12/h2-3,14H,4-7,9H2,1H3. The Morgan fingerprint density at radius 1 is 1.53 bits per heavy atom. The summed E-state index contributed by atoms with van der Waals surface area (Å²) in [5.41, 5.74) is -0.0426. The van der Waals surface area contributed by atoms with Gasteiger partial charge in [0.05, 0.1) is 11.5 Å². The second-order valence-corrected chi connectivity index (χ2v) is 4.33. The van der Waals surface area contributed by atoms with Crippen molar-refractivity contribution in [1.29, 1.82) is 5.26 Å². The molecule has 3 nitrogen and oxygen atoms in total. The van der Waals surface area contributed by atoms with Gasteiger partial charge in [0.15, 0.2) is 0 Å². The van der Waals surface area contributed by atoms with Crippen LogP contribution in [0.15, 0.2) is 16.5 Å². The van der Waals surface area contributed by atoms with E-state index in [1.165, 1.54) is 0 Å². The van der Waals surface area contributed by atoms with Crippen LogP contribution in [0.3, 0.4) is 0 Å². The number of nitrogens with zero attached hydrogens (tertiary/aromatic N) is 1. The van der Waals surface area contributed by atoms with E-state index in [1.807, 2.05) is 19.1 Å². The van der Waals surface area contributed by atoms with E-state index in [2.05, 4.69) is 11.4 Å². The Kier molecular flexibility index (Phi) is 2.79. The molecule has 0 unspecified atom stereocenters. The van der Waals surface area contributed by atoms with Crippen LogP contribution in [-0.2, 0) is 6.42 Å². The molecular weight excluding hydrogens is 188 g/mol. The van der Waals surface area contributed by atoms with E-state index in [0.717, 1.165) is 43.9 Å². The van der Waals surface area contributed by atoms with Gasteiger partial charge >= 0.3 is 0 Å². The molecule has 0 saturated heterocycles. The average molecular weight is 204 g/mol. The predicted octanol–water partition coefficient (Wildman–Crippen LogP) is 2.02. The highest BCUT2D eigenvalue weighted by atomic mass is 16.3. The molecule has 2 rings (SSSR count). The summed E-state index contributed by atoms with van der Waals surface area (Å²) in [6.45, 7) is 3.66. The summed E-state index contributed by atoms with van der Waals surface area (Å²) in [6, 6.07) is 6.36. The molecule has 0 amide bonds. The lowest BCUT2D eigenvalue weighted by molar-refractivity contribution is 0.468. The van der Waals surface area contributed by atoms with E-state index < -0.39 is 0 Å². The van der Waals surface area contributed by atoms with E-state index in [9.17, 15) is 0 Å². The molecule has 0 bridgehead atoms. The van der Waals surface area contributed by atoms with Gasteiger partial charge in [0.25, 0.3) is 0 Å². The molecule has 15 heavy (non-hydrogen) atoms. The summed E-state index contributed by atoms with van der Waals surface area (Å²) in [5, 5.41) is 12.2. The van der Waals surface area contributed by atoms with Gasteiger partial charge in [0.2, 0.25) is 0 Å². The second kappa shape index (κ2) is 4.08. The van der Waals surface area contributed by atoms with Crippen molar-refractivity contribution in [3.05, 3.63) is 23.7 Å². The third kappa shape index (κ3) is 2.60. The third-order valence-corrected chi connectivity index (χ3v) is 2.90. The Balaban J connectivity index is 1.66. The topological polar surface area (TPSA) is 49.0 Å². The van der Waals surface area contributed by atoms with Crippen molar-refractivity contribution in [1.82, 2.24) is 5.32 Å². The highest BCUT2D eigenvalue weighted by Crippen LogP contribution is 2.43. The summed E-state index contributed by atoms with van der Waals surface area (Å²) < 4.78 is 5.45. The Morgan fingerprint density at radius 2 is 2.33 bits per heavy atom. The maximum absolute atomic E-state index is 8.87. The molecule has 1 aliphatic carbocycles. The fourth-order valence-electron chi connectivity index (χ4n) is 1.64. The number of nitriles is 1. The monoisotopic (exact) mass is 204 g/mol. The molecule has 1 heterocycles. The molecule has 0 spiro atoms. The summed E-state index contributed by atoms with van der Waals surface area (Å²) >= 11 is 0.